The first kappa shape index (κ1) is 12.1. The molecule has 18 heavy (non-hydrogen) atoms. The van der Waals surface area contributed by atoms with Gasteiger partial charge >= 0.3 is 0 Å². The van der Waals surface area contributed by atoms with Gasteiger partial charge in [0.15, 0.2) is 0 Å². The van der Waals surface area contributed by atoms with Crippen LogP contribution in [-0.2, 0) is 6.54 Å². The first-order valence-corrected chi connectivity index (χ1v) is 5.71. The van der Waals surface area contributed by atoms with Crippen LogP contribution in [0.5, 0.6) is 0 Å². The van der Waals surface area contributed by atoms with Gasteiger partial charge in [0.2, 0.25) is 0 Å². The van der Waals surface area contributed by atoms with Crippen molar-refractivity contribution in [1.29, 1.82) is 0 Å². The lowest BCUT2D eigenvalue weighted by molar-refractivity contribution is 0.0945. The number of aryl methyl sites for hydroxylation is 1. The Kier molecular flexibility index (Phi) is 3.57. The van der Waals surface area contributed by atoms with Crippen LogP contribution in [0.15, 0.2) is 42.5 Å². The van der Waals surface area contributed by atoms with E-state index >= 15 is 0 Å². The summed E-state index contributed by atoms with van der Waals surface area (Å²) in [5.41, 5.74) is 8.58. The van der Waals surface area contributed by atoms with E-state index in [1.165, 1.54) is 0 Å². The van der Waals surface area contributed by atoms with Gasteiger partial charge in [-0.1, -0.05) is 18.2 Å². The van der Waals surface area contributed by atoms with E-state index in [0.29, 0.717) is 17.9 Å². The van der Waals surface area contributed by atoms with Gasteiger partial charge in [0.05, 0.1) is 0 Å². The summed E-state index contributed by atoms with van der Waals surface area (Å²) in [5.74, 6) is -0.180. The third-order valence-electron chi connectivity index (χ3n) is 2.53. The highest BCUT2D eigenvalue weighted by molar-refractivity contribution is 5.92. The van der Waals surface area contributed by atoms with Crippen molar-refractivity contribution in [2.45, 2.75) is 13.5 Å². The van der Waals surface area contributed by atoms with Crippen molar-refractivity contribution < 1.29 is 4.79 Å². The number of nitrogens with zero attached hydrogens (tertiary/aromatic N) is 1. The van der Waals surface area contributed by atoms with Crippen molar-refractivity contribution in [3.63, 3.8) is 0 Å². The highest BCUT2D eigenvalue weighted by Gasteiger charge is 2.06. The van der Waals surface area contributed by atoms with Crippen molar-refractivity contribution in [2.75, 3.05) is 5.73 Å². The molecule has 1 heterocycles. The van der Waals surface area contributed by atoms with E-state index in [0.717, 1.165) is 11.3 Å². The second kappa shape index (κ2) is 5.31. The molecule has 1 aromatic carbocycles. The predicted molar refractivity (Wildman–Crippen MR) is 71.0 cm³/mol. The minimum absolute atomic E-state index is 0.180. The maximum atomic E-state index is 11.9. The van der Waals surface area contributed by atoms with Crippen molar-refractivity contribution in [3.8, 4) is 0 Å². The molecule has 92 valence electrons. The summed E-state index contributed by atoms with van der Waals surface area (Å²) in [5, 5.41) is 2.81. The lowest BCUT2D eigenvalue weighted by atomic mass is 10.2. The predicted octanol–water partition coefficient (Wildman–Crippen LogP) is 1.90. The lowest BCUT2D eigenvalue weighted by Crippen LogP contribution is -2.23. The number of nitrogen functional groups attached to an aromatic ring is 1. The fraction of sp³-hybridized carbons (Fsp3) is 0.143. The average molecular weight is 241 g/mol. The van der Waals surface area contributed by atoms with E-state index in [1.807, 2.05) is 43.3 Å². The van der Waals surface area contributed by atoms with Crippen LogP contribution in [0.2, 0.25) is 0 Å². The average Bonchev–Trinajstić information content (AvgIpc) is 2.36. The topological polar surface area (TPSA) is 68.0 Å². The van der Waals surface area contributed by atoms with Crippen LogP contribution in [0.1, 0.15) is 21.7 Å². The minimum Gasteiger partial charge on any atom is -0.399 e. The van der Waals surface area contributed by atoms with Crippen LogP contribution >= 0.6 is 0 Å². The van der Waals surface area contributed by atoms with Gasteiger partial charge in [0, 0.05) is 17.9 Å². The molecule has 0 spiro atoms. The van der Waals surface area contributed by atoms with Crippen molar-refractivity contribution >= 4 is 11.6 Å². The van der Waals surface area contributed by atoms with Gasteiger partial charge in [-0.05, 0) is 36.8 Å². The van der Waals surface area contributed by atoms with Crippen molar-refractivity contribution in [2.24, 2.45) is 0 Å². The number of aromatic nitrogens is 1. The molecule has 4 nitrogen and oxygen atoms in total. The quantitative estimate of drug-likeness (QED) is 0.806. The standard InChI is InChI=1S/C14H15N3O/c1-10-4-2-7-13(17-10)14(18)16-9-11-5-3-6-12(15)8-11/h2-8H,9,15H2,1H3,(H,16,18). The second-order valence-electron chi connectivity index (χ2n) is 4.09. The zero-order valence-electron chi connectivity index (χ0n) is 10.2. The van der Waals surface area contributed by atoms with Crippen LogP contribution in [0.4, 0.5) is 5.69 Å². The maximum Gasteiger partial charge on any atom is 0.270 e. The number of nitrogens with two attached hydrogens (primary N) is 1. The Morgan fingerprint density at radius 1 is 1.28 bits per heavy atom. The van der Waals surface area contributed by atoms with E-state index in [4.69, 9.17) is 5.73 Å². The van der Waals surface area contributed by atoms with Gasteiger partial charge in [-0.3, -0.25) is 4.79 Å². The fourth-order valence-electron chi connectivity index (χ4n) is 1.65. The summed E-state index contributed by atoms with van der Waals surface area (Å²) in [4.78, 5) is 16.0. The summed E-state index contributed by atoms with van der Waals surface area (Å²) in [6.07, 6.45) is 0. The summed E-state index contributed by atoms with van der Waals surface area (Å²) in [6.45, 7) is 2.30. The van der Waals surface area contributed by atoms with Crippen LogP contribution in [0.3, 0.4) is 0 Å². The molecule has 2 aromatic rings. The fourth-order valence-corrected chi connectivity index (χ4v) is 1.65. The molecule has 1 amide bonds. The van der Waals surface area contributed by atoms with E-state index in [9.17, 15) is 4.79 Å². The lowest BCUT2D eigenvalue weighted by Gasteiger charge is -2.06. The third kappa shape index (κ3) is 3.07. The number of amides is 1. The molecule has 1 aromatic heterocycles. The van der Waals surface area contributed by atoms with Crippen molar-refractivity contribution in [1.82, 2.24) is 10.3 Å². The number of benzene rings is 1. The molecule has 0 saturated heterocycles. The van der Waals surface area contributed by atoms with Gasteiger partial charge in [-0.15, -0.1) is 0 Å². The van der Waals surface area contributed by atoms with E-state index in [-0.39, 0.29) is 5.91 Å². The molecule has 0 aliphatic rings. The van der Waals surface area contributed by atoms with Gasteiger partial charge in [-0.2, -0.15) is 0 Å². The van der Waals surface area contributed by atoms with E-state index < -0.39 is 0 Å². The Labute approximate surface area is 106 Å². The van der Waals surface area contributed by atoms with Crippen LogP contribution in [0, 0.1) is 6.92 Å². The number of carbonyl (C=O) groups is 1. The van der Waals surface area contributed by atoms with Gasteiger partial charge in [-0.25, -0.2) is 4.98 Å². The molecule has 0 unspecified atom stereocenters. The number of pyridine rings is 1. The highest BCUT2D eigenvalue weighted by atomic mass is 16.1. The number of nitrogens with one attached hydrogen (secondary N) is 1. The Morgan fingerprint density at radius 3 is 2.78 bits per heavy atom. The molecule has 0 atom stereocenters. The summed E-state index contributed by atoms with van der Waals surface area (Å²) in [6, 6.07) is 12.8. The second-order valence-corrected chi connectivity index (χ2v) is 4.09. The summed E-state index contributed by atoms with van der Waals surface area (Å²) in [7, 11) is 0. The molecule has 2 rings (SSSR count). The van der Waals surface area contributed by atoms with Gasteiger partial charge in [0.25, 0.3) is 5.91 Å². The molecule has 4 heteroatoms. The smallest absolute Gasteiger partial charge is 0.270 e. The molecular formula is C14H15N3O. The molecule has 0 aliphatic heterocycles. The number of rotatable bonds is 3. The van der Waals surface area contributed by atoms with Crippen LogP contribution in [-0.4, -0.2) is 10.9 Å². The maximum absolute atomic E-state index is 11.9. The SMILES string of the molecule is Cc1cccc(C(=O)NCc2cccc(N)c2)n1. The van der Waals surface area contributed by atoms with Crippen LogP contribution < -0.4 is 11.1 Å². The number of carbonyl (C=O) groups excluding carboxylic acids is 1. The normalized spacial score (nSPS) is 10.1. The molecule has 0 aliphatic carbocycles. The summed E-state index contributed by atoms with van der Waals surface area (Å²) < 4.78 is 0. The number of hydrogen-bond donors (Lipinski definition) is 2. The molecule has 3 N–H and O–H groups in total. The first-order chi connectivity index (χ1) is 8.65. The Balaban J connectivity index is 2.00. The minimum atomic E-state index is -0.180. The van der Waals surface area contributed by atoms with E-state index in [2.05, 4.69) is 10.3 Å². The van der Waals surface area contributed by atoms with Gasteiger partial charge < -0.3 is 11.1 Å². The molecule has 0 radical (unpaired) electrons. The zero-order valence-corrected chi connectivity index (χ0v) is 10.2. The van der Waals surface area contributed by atoms with Crippen molar-refractivity contribution in [3.05, 3.63) is 59.4 Å². The third-order valence-corrected chi connectivity index (χ3v) is 2.53. The first-order valence-electron chi connectivity index (χ1n) is 5.71. The van der Waals surface area contributed by atoms with Gasteiger partial charge in [0.1, 0.15) is 5.69 Å². The molecular weight excluding hydrogens is 226 g/mol. The largest absolute Gasteiger partial charge is 0.399 e. The molecule has 0 saturated carbocycles. The Hall–Kier alpha value is -2.36. The monoisotopic (exact) mass is 241 g/mol. The molecule has 0 fully saturated rings. The molecule has 0 bridgehead atoms. The number of anilines is 1. The highest BCUT2D eigenvalue weighted by Crippen LogP contribution is 2.06. The summed E-state index contributed by atoms with van der Waals surface area (Å²) >= 11 is 0. The number of hydrogen-bond acceptors (Lipinski definition) is 3. The zero-order chi connectivity index (χ0) is 13.0. The van der Waals surface area contributed by atoms with E-state index in [1.54, 1.807) is 6.07 Å². The Bertz CT molecular complexity index is 566. The Morgan fingerprint density at radius 2 is 2.06 bits per heavy atom. The van der Waals surface area contributed by atoms with Crippen LogP contribution in [0.25, 0.3) is 0 Å².